The molecule has 0 aliphatic heterocycles. The number of benzene rings is 2. The smallest absolute Gasteiger partial charge is 0.337 e. The van der Waals surface area contributed by atoms with Gasteiger partial charge in [0.25, 0.3) is 5.91 Å². The molecule has 2 N–H and O–H groups in total. The van der Waals surface area contributed by atoms with Crippen LogP contribution in [-0.4, -0.2) is 36.8 Å². The molecule has 2 aromatic carbocycles. The third-order valence-corrected chi connectivity index (χ3v) is 3.23. The molecule has 0 aliphatic rings. The van der Waals surface area contributed by atoms with Gasteiger partial charge in [-0.25, -0.2) is 4.79 Å². The van der Waals surface area contributed by atoms with E-state index >= 15 is 0 Å². The molecule has 0 saturated carbocycles. The highest BCUT2D eigenvalue weighted by Gasteiger charge is 2.16. The third kappa shape index (κ3) is 4.57. The first-order valence-electron chi connectivity index (χ1n) is 7.56. The fourth-order valence-corrected chi connectivity index (χ4v) is 2.10. The molecule has 2 rings (SSSR count). The minimum absolute atomic E-state index is 0.0283. The Kier molecular flexibility index (Phi) is 6.33. The monoisotopic (exact) mass is 329 g/mol. The van der Waals surface area contributed by atoms with Crippen molar-refractivity contribution in [3.05, 3.63) is 59.7 Å². The van der Waals surface area contributed by atoms with Gasteiger partial charge in [0, 0.05) is 6.61 Å². The van der Waals surface area contributed by atoms with Gasteiger partial charge in [0.05, 0.1) is 23.4 Å². The summed E-state index contributed by atoms with van der Waals surface area (Å²) in [5.74, 6) is -1.12. The van der Waals surface area contributed by atoms with Gasteiger partial charge in [0.2, 0.25) is 0 Å². The number of nitrogens with one attached hydrogen (secondary N) is 1. The maximum atomic E-state index is 12.5. The molecule has 24 heavy (non-hydrogen) atoms. The van der Waals surface area contributed by atoms with Gasteiger partial charge < -0.3 is 19.9 Å². The lowest BCUT2D eigenvalue weighted by molar-refractivity contribution is 0.0698. The fourth-order valence-electron chi connectivity index (χ4n) is 2.10. The Hall–Kier alpha value is -2.86. The van der Waals surface area contributed by atoms with Crippen molar-refractivity contribution in [2.45, 2.75) is 6.92 Å². The van der Waals surface area contributed by atoms with E-state index in [0.29, 0.717) is 31.1 Å². The molecular formula is C18H19NO5. The van der Waals surface area contributed by atoms with Gasteiger partial charge in [-0.3, -0.25) is 4.79 Å². The summed E-state index contributed by atoms with van der Waals surface area (Å²) in [4.78, 5) is 23.7. The van der Waals surface area contributed by atoms with Crippen molar-refractivity contribution in [2.75, 3.05) is 25.1 Å². The second-order valence-electron chi connectivity index (χ2n) is 4.85. The normalized spacial score (nSPS) is 10.2. The summed E-state index contributed by atoms with van der Waals surface area (Å²) in [5, 5.41) is 11.8. The van der Waals surface area contributed by atoms with E-state index in [2.05, 4.69) is 5.32 Å². The number of hydrogen-bond donors (Lipinski definition) is 2. The van der Waals surface area contributed by atoms with Crippen LogP contribution in [0, 0.1) is 0 Å². The number of carboxylic acid groups (broad SMARTS) is 1. The average molecular weight is 329 g/mol. The number of carbonyl (C=O) groups excluding carboxylic acids is 1. The zero-order valence-electron chi connectivity index (χ0n) is 13.3. The fraction of sp³-hybridized carbons (Fsp3) is 0.222. The van der Waals surface area contributed by atoms with Gasteiger partial charge in [-0.1, -0.05) is 24.3 Å². The van der Waals surface area contributed by atoms with Gasteiger partial charge in [-0.2, -0.15) is 0 Å². The van der Waals surface area contributed by atoms with Crippen LogP contribution < -0.4 is 10.1 Å². The Morgan fingerprint density at radius 2 is 1.67 bits per heavy atom. The SMILES string of the molecule is CCOCCOc1ccccc1C(=O)Nc1ccccc1C(=O)O. The third-order valence-electron chi connectivity index (χ3n) is 3.23. The lowest BCUT2D eigenvalue weighted by Gasteiger charge is -2.12. The summed E-state index contributed by atoms with van der Waals surface area (Å²) in [6, 6.07) is 13.0. The molecule has 0 radical (unpaired) electrons. The van der Waals surface area contributed by atoms with Crippen LogP contribution in [0.5, 0.6) is 5.75 Å². The molecule has 0 spiro atoms. The highest BCUT2D eigenvalue weighted by molar-refractivity contribution is 6.09. The molecule has 0 aliphatic carbocycles. The molecule has 126 valence electrons. The van der Waals surface area contributed by atoms with Crippen LogP contribution >= 0.6 is 0 Å². The summed E-state index contributed by atoms with van der Waals surface area (Å²) < 4.78 is 10.8. The molecule has 6 nitrogen and oxygen atoms in total. The zero-order valence-corrected chi connectivity index (χ0v) is 13.3. The topological polar surface area (TPSA) is 84.9 Å². The van der Waals surface area contributed by atoms with Crippen molar-refractivity contribution in [3.8, 4) is 5.75 Å². The summed E-state index contributed by atoms with van der Waals surface area (Å²) in [6.45, 7) is 3.23. The molecule has 1 amide bonds. The van der Waals surface area contributed by atoms with Crippen LogP contribution in [0.1, 0.15) is 27.6 Å². The average Bonchev–Trinajstić information content (AvgIpc) is 2.59. The largest absolute Gasteiger partial charge is 0.490 e. The van der Waals surface area contributed by atoms with Crippen molar-refractivity contribution >= 4 is 17.6 Å². The minimum atomic E-state index is -1.10. The van der Waals surface area contributed by atoms with Gasteiger partial charge >= 0.3 is 5.97 Å². The van der Waals surface area contributed by atoms with E-state index in [9.17, 15) is 14.7 Å². The molecule has 2 aromatic rings. The molecule has 0 atom stereocenters. The summed E-state index contributed by atoms with van der Waals surface area (Å²) in [5.41, 5.74) is 0.592. The predicted octanol–water partition coefficient (Wildman–Crippen LogP) is 3.05. The van der Waals surface area contributed by atoms with Crippen LogP contribution in [0.25, 0.3) is 0 Å². The van der Waals surface area contributed by atoms with Crippen molar-refractivity contribution in [1.82, 2.24) is 0 Å². The van der Waals surface area contributed by atoms with Gasteiger partial charge in [-0.15, -0.1) is 0 Å². The molecule has 0 bridgehead atoms. The number of carboxylic acids is 1. The lowest BCUT2D eigenvalue weighted by atomic mass is 10.1. The standard InChI is InChI=1S/C18H19NO5/c1-2-23-11-12-24-16-10-6-4-8-14(16)17(20)19-15-9-5-3-7-13(15)18(21)22/h3-10H,2,11-12H2,1H3,(H,19,20)(H,21,22). The molecule has 0 saturated heterocycles. The molecular weight excluding hydrogens is 310 g/mol. The van der Waals surface area contributed by atoms with E-state index in [-0.39, 0.29) is 11.3 Å². The molecule has 0 aromatic heterocycles. The number of carbonyl (C=O) groups is 2. The number of rotatable bonds is 8. The highest BCUT2D eigenvalue weighted by atomic mass is 16.5. The van der Waals surface area contributed by atoms with Crippen molar-refractivity contribution in [1.29, 1.82) is 0 Å². The Morgan fingerprint density at radius 3 is 2.38 bits per heavy atom. The Morgan fingerprint density at radius 1 is 1.00 bits per heavy atom. The van der Waals surface area contributed by atoms with Crippen LogP contribution in [-0.2, 0) is 4.74 Å². The first-order valence-corrected chi connectivity index (χ1v) is 7.56. The van der Waals surface area contributed by atoms with E-state index in [1.165, 1.54) is 6.07 Å². The van der Waals surface area contributed by atoms with Crippen molar-refractivity contribution in [2.24, 2.45) is 0 Å². The second-order valence-corrected chi connectivity index (χ2v) is 4.85. The number of aromatic carboxylic acids is 1. The van der Waals surface area contributed by atoms with Crippen molar-refractivity contribution < 1.29 is 24.2 Å². The van der Waals surface area contributed by atoms with Crippen LogP contribution in [0.2, 0.25) is 0 Å². The number of amides is 1. The molecule has 0 heterocycles. The number of para-hydroxylation sites is 2. The van der Waals surface area contributed by atoms with E-state index in [1.807, 2.05) is 6.92 Å². The quantitative estimate of drug-likeness (QED) is 0.727. The first-order chi connectivity index (χ1) is 11.6. The molecule has 0 unspecified atom stereocenters. The van der Waals surface area contributed by atoms with Crippen LogP contribution in [0.15, 0.2) is 48.5 Å². The second kappa shape index (κ2) is 8.69. The van der Waals surface area contributed by atoms with E-state index in [4.69, 9.17) is 9.47 Å². The summed E-state index contributed by atoms with van der Waals surface area (Å²) >= 11 is 0. The number of anilines is 1. The summed E-state index contributed by atoms with van der Waals surface area (Å²) in [6.07, 6.45) is 0. The Labute approximate surface area is 140 Å². The number of ether oxygens (including phenoxy) is 2. The Bertz CT molecular complexity index is 714. The Balaban J connectivity index is 2.14. The first kappa shape index (κ1) is 17.5. The number of hydrogen-bond acceptors (Lipinski definition) is 4. The predicted molar refractivity (Wildman–Crippen MR) is 89.8 cm³/mol. The highest BCUT2D eigenvalue weighted by Crippen LogP contribution is 2.21. The zero-order chi connectivity index (χ0) is 17.4. The minimum Gasteiger partial charge on any atom is -0.490 e. The van der Waals surface area contributed by atoms with Crippen LogP contribution in [0.4, 0.5) is 5.69 Å². The van der Waals surface area contributed by atoms with Crippen molar-refractivity contribution in [3.63, 3.8) is 0 Å². The van der Waals surface area contributed by atoms with E-state index in [1.54, 1.807) is 42.5 Å². The maximum absolute atomic E-state index is 12.5. The molecule has 0 fully saturated rings. The van der Waals surface area contributed by atoms with Gasteiger partial charge in [0.1, 0.15) is 12.4 Å². The lowest BCUT2D eigenvalue weighted by Crippen LogP contribution is -2.16. The summed E-state index contributed by atoms with van der Waals surface area (Å²) in [7, 11) is 0. The van der Waals surface area contributed by atoms with Gasteiger partial charge in [-0.05, 0) is 31.2 Å². The van der Waals surface area contributed by atoms with Gasteiger partial charge in [0.15, 0.2) is 0 Å². The van der Waals surface area contributed by atoms with Crippen LogP contribution in [0.3, 0.4) is 0 Å². The maximum Gasteiger partial charge on any atom is 0.337 e. The van der Waals surface area contributed by atoms with E-state index < -0.39 is 11.9 Å². The molecule has 6 heteroatoms. The van der Waals surface area contributed by atoms with E-state index in [0.717, 1.165) is 0 Å².